The maximum atomic E-state index is 12.7. The predicted octanol–water partition coefficient (Wildman–Crippen LogP) is 3.41. The van der Waals surface area contributed by atoms with E-state index in [1.165, 1.54) is 25.0 Å². The summed E-state index contributed by atoms with van der Waals surface area (Å²) in [5, 5.41) is 8.07. The molecule has 144 valence electrons. The van der Waals surface area contributed by atoms with Crippen molar-refractivity contribution in [1.29, 1.82) is 0 Å². The Bertz CT molecular complexity index is 818. The zero-order valence-electron chi connectivity index (χ0n) is 16.4. The number of pyridine rings is 1. The van der Waals surface area contributed by atoms with Gasteiger partial charge in [-0.15, -0.1) is 0 Å². The van der Waals surface area contributed by atoms with Gasteiger partial charge < -0.3 is 10.2 Å². The van der Waals surface area contributed by atoms with Gasteiger partial charge in [-0.1, -0.05) is 0 Å². The molecule has 1 N–H and O–H groups in total. The molecule has 0 spiro atoms. The largest absolute Gasteiger partial charge is 0.369 e. The molecule has 3 heterocycles. The smallest absolute Gasteiger partial charge is 0.254 e. The van der Waals surface area contributed by atoms with Crippen molar-refractivity contribution in [3.63, 3.8) is 0 Å². The zero-order chi connectivity index (χ0) is 18.9. The number of amides is 1. The first-order chi connectivity index (χ1) is 13.0. The Balaban J connectivity index is 1.38. The van der Waals surface area contributed by atoms with Gasteiger partial charge in [0, 0.05) is 49.0 Å². The van der Waals surface area contributed by atoms with E-state index in [0.717, 1.165) is 56.1 Å². The summed E-state index contributed by atoms with van der Waals surface area (Å²) in [6, 6.07) is 5.85. The Morgan fingerprint density at radius 3 is 2.63 bits per heavy atom. The standard InChI is InChI=1S/C21H29N5O/c1-16-12-17(2)26(24-16)15-21(7-8-21)14-23-19-13-18(6-9-22-19)20(27)25-10-4-3-5-11-25/h6,9,12-13H,3-5,7-8,10-11,14-15H2,1-2H3,(H,22,23). The second-order valence-corrected chi connectivity index (χ2v) is 8.22. The molecule has 2 aromatic rings. The highest BCUT2D eigenvalue weighted by atomic mass is 16.2. The molecule has 1 saturated heterocycles. The number of nitrogens with zero attached hydrogens (tertiary/aromatic N) is 4. The van der Waals surface area contributed by atoms with Gasteiger partial charge >= 0.3 is 0 Å². The van der Waals surface area contributed by atoms with Crippen molar-refractivity contribution in [2.24, 2.45) is 5.41 Å². The Kier molecular flexibility index (Phi) is 4.89. The Morgan fingerprint density at radius 1 is 1.19 bits per heavy atom. The lowest BCUT2D eigenvalue weighted by Gasteiger charge is -2.26. The van der Waals surface area contributed by atoms with E-state index >= 15 is 0 Å². The van der Waals surface area contributed by atoms with Crippen molar-refractivity contribution in [3.8, 4) is 0 Å². The SMILES string of the molecule is Cc1cc(C)n(CC2(CNc3cc(C(=O)N4CCCCC4)ccn3)CC2)n1. The van der Waals surface area contributed by atoms with Crippen LogP contribution in [0.2, 0.25) is 0 Å². The summed E-state index contributed by atoms with van der Waals surface area (Å²) in [6.07, 6.45) is 7.58. The molecule has 1 amide bonds. The summed E-state index contributed by atoms with van der Waals surface area (Å²) in [5.41, 5.74) is 3.27. The molecule has 0 bridgehead atoms. The van der Waals surface area contributed by atoms with E-state index in [4.69, 9.17) is 0 Å². The van der Waals surface area contributed by atoms with Gasteiger partial charge in [-0.3, -0.25) is 9.48 Å². The average molecular weight is 367 g/mol. The molecule has 6 nitrogen and oxygen atoms in total. The predicted molar refractivity (Wildman–Crippen MR) is 106 cm³/mol. The maximum absolute atomic E-state index is 12.7. The maximum Gasteiger partial charge on any atom is 0.254 e. The highest BCUT2D eigenvalue weighted by Gasteiger charge is 2.43. The van der Waals surface area contributed by atoms with Crippen molar-refractivity contribution < 1.29 is 4.79 Å². The lowest BCUT2D eigenvalue weighted by atomic mass is 10.1. The van der Waals surface area contributed by atoms with Gasteiger partial charge in [0.15, 0.2) is 0 Å². The first-order valence-electron chi connectivity index (χ1n) is 10.0. The van der Waals surface area contributed by atoms with Crippen molar-refractivity contribution >= 4 is 11.7 Å². The van der Waals surface area contributed by atoms with Gasteiger partial charge in [0.1, 0.15) is 5.82 Å². The van der Waals surface area contributed by atoms with Crippen molar-refractivity contribution in [1.82, 2.24) is 19.7 Å². The third kappa shape index (κ3) is 4.15. The number of aryl methyl sites for hydroxylation is 2. The Labute approximate surface area is 161 Å². The fourth-order valence-corrected chi connectivity index (χ4v) is 3.94. The van der Waals surface area contributed by atoms with Gasteiger partial charge in [-0.25, -0.2) is 4.98 Å². The Morgan fingerprint density at radius 2 is 1.96 bits per heavy atom. The third-order valence-corrected chi connectivity index (χ3v) is 5.84. The van der Waals surface area contributed by atoms with Crippen LogP contribution in [0.3, 0.4) is 0 Å². The number of carbonyl (C=O) groups is 1. The van der Waals surface area contributed by atoms with E-state index < -0.39 is 0 Å². The van der Waals surface area contributed by atoms with Crippen LogP contribution in [0.25, 0.3) is 0 Å². The quantitative estimate of drug-likeness (QED) is 0.850. The number of rotatable bonds is 6. The summed E-state index contributed by atoms with van der Waals surface area (Å²) >= 11 is 0. The van der Waals surface area contributed by atoms with E-state index in [9.17, 15) is 4.79 Å². The van der Waals surface area contributed by atoms with Crippen LogP contribution in [0.5, 0.6) is 0 Å². The molecule has 0 unspecified atom stereocenters. The number of hydrogen-bond acceptors (Lipinski definition) is 4. The molecule has 1 aliphatic heterocycles. The molecular weight excluding hydrogens is 338 g/mol. The Hall–Kier alpha value is -2.37. The molecule has 4 rings (SSSR count). The van der Waals surface area contributed by atoms with E-state index in [1.807, 2.05) is 24.0 Å². The molecule has 2 aromatic heterocycles. The van der Waals surface area contributed by atoms with Crippen molar-refractivity contribution in [2.45, 2.75) is 52.5 Å². The number of carbonyl (C=O) groups excluding carboxylic acids is 1. The van der Waals surface area contributed by atoms with E-state index in [2.05, 4.69) is 33.1 Å². The number of nitrogens with one attached hydrogen (secondary N) is 1. The van der Waals surface area contributed by atoms with Crippen molar-refractivity contribution in [3.05, 3.63) is 41.3 Å². The van der Waals surface area contributed by atoms with Crippen LogP contribution < -0.4 is 5.32 Å². The van der Waals surface area contributed by atoms with Gasteiger partial charge in [0.05, 0.1) is 5.69 Å². The first-order valence-corrected chi connectivity index (χ1v) is 10.0. The second-order valence-electron chi connectivity index (χ2n) is 8.22. The number of aromatic nitrogens is 3. The number of hydrogen-bond donors (Lipinski definition) is 1. The highest BCUT2D eigenvalue weighted by molar-refractivity contribution is 5.94. The third-order valence-electron chi connectivity index (χ3n) is 5.84. The van der Waals surface area contributed by atoms with Gasteiger partial charge in [-0.2, -0.15) is 5.10 Å². The zero-order valence-corrected chi connectivity index (χ0v) is 16.4. The fourth-order valence-electron chi connectivity index (χ4n) is 3.94. The van der Waals surface area contributed by atoms with E-state index in [0.29, 0.717) is 0 Å². The second kappa shape index (κ2) is 7.33. The fraction of sp³-hybridized carbons (Fsp3) is 0.571. The molecule has 0 radical (unpaired) electrons. The minimum Gasteiger partial charge on any atom is -0.369 e. The van der Waals surface area contributed by atoms with Gasteiger partial charge in [-0.05, 0) is 64.2 Å². The average Bonchev–Trinajstić information content (AvgIpc) is 3.38. The minimum atomic E-state index is 0.129. The lowest BCUT2D eigenvalue weighted by molar-refractivity contribution is 0.0724. The summed E-state index contributed by atoms with van der Waals surface area (Å²) in [4.78, 5) is 19.1. The van der Waals surface area contributed by atoms with E-state index in [1.54, 1.807) is 6.20 Å². The van der Waals surface area contributed by atoms with Crippen LogP contribution in [0.15, 0.2) is 24.4 Å². The van der Waals surface area contributed by atoms with Crippen molar-refractivity contribution in [2.75, 3.05) is 25.0 Å². The molecule has 6 heteroatoms. The topological polar surface area (TPSA) is 63.1 Å². The molecule has 0 atom stereocenters. The number of piperidine rings is 1. The summed E-state index contributed by atoms with van der Waals surface area (Å²) in [7, 11) is 0. The number of likely N-dealkylation sites (tertiary alicyclic amines) is 1. The monoisotopic (exact) mass is 367 g/mol. The first kappa shape index (κ1) is 18.0. The highest BCUT2D eigenvalue weighted by Crippen LogP contribution is 2.47. The lowest BCUT2D eigenvalue weighted by Crippen LogP contribution is -2.35. The van der Waals surface area contributed by atoms with Gasteiger partial charge in [0.2, 0.25) is 0 Å². The normalized spacial score (nSPS) is 18.4. The van der Waals surface area contributed by atoms with Crippen LogP contribution in [0.4, 0.5) is 5.82 Å². The summed E-state index contributed by atoms with van der Waals surface area (Å²) in [6.45, 7) is 7.69. The van der Waals surface area contributed by atoms with Crippen LogP contribution >= 0.6 is 0 Å². The van der Waals surface area contributed by atoms with Crippen LogP contribution in [-0.2, 0) is 6.54 Å². The van der Waals surface area contributed by atoms with Gasteiger partial charge in [0.25, 0.3) is 5.91 Å². The molecule has 27 heavy (non-hydrogen) atoms. The number of anilines is 1. The molecule has 2 fully saturated rings. The molecular formula is C21H29N5O. The minimum absolute atomic E-state index is 0.129. The molecule has 1 aliphatic carbocycles. The summed E-state index contributed by atoms with van der Waals surface area (Å²) < 4.78 is 2.12. The summed E-state index contributed by atoms with van der Waals surface area (Å²) in [5.74, 6) is 0.918. The van der Waals surface area contributed by atoms with Crippen LogP contribution in [0, 0.1) is 19.3 Å². The molecule has 1 saturated carbocycles. The van der Waals surface area contributed by atoms with Crippen LogP contribution in [-0.4, -0.2) is 45.2 Å². The van der Waals surface area contributed by atoms with Crippen LogP contribution in [0.1, 0.15) is 53.8 Å². The van der Waals surface area contributed by atoms with E-state index in [-0.39, 0.29) is 11.3 Å². The molecule has 0 aromatic carbocycles. The molecule has 2 aliphatic rings.